The van der Waals surface area contributed by atoms with Crippen molar-refractivity contribution in [2.24, 2.45) is 0 Å². The van der Waals surface area contributed by atoms with Crippen LogP contribution >= 0.6 is 23.2 Å². The third-order valence-electron chi connectivity index (χ3n) is 4.43. The molecule has 32 heavy (non-hydrogen) atoms. The van der Waals surface area contributed by atoms with Crippen molar-refractivity contribution in [1.82, 2.24) is 5.32 Å². The maximum atomic E-state index is 12.6. The molecule has 0 radical (unpaired) electrons. The molecule has 2 aliphatic rings. The van der Waals surface area contributed by atoms with Gasteiger partial charge in [-0.1, -0.05) is 42.8 Å². The number of halogens is 3. The van der Waals surface area contributed by atoms with Crippen LogP contribution in [0.2, 0.25) is 10.0 Å². The van der Waals surface area contributed by atoms with Crippen molar-refractivity contribution < 1.29 is 23.5 Å². The molecule has 2 saturated heterocycles. The number of hydrogen-bond acceptors (Lipinski definition) is 6. The molecule has 9 heteroatoms. The van der Waals surface area contributed by atoms with Gasteiger partial charge in [-0.2, -0.15) is 0 Å². The Hall–Kier alpha value is -2.03. The minimum atomic E-state index is -0.654. The average Bonchev–Trinajstić information content (AvgIpc) is 2.83. The Labute approximate surface area is 198 Å². The van der Waals surface area contributed by atoms with E-state index in [2.05, 4.69) is 10.2 Å². The van der Waals surface area contributed by atoms with Crippen molar-refractivity contribution in [3.05, 3.63) is 63.4 Å². The van der Waals surface area contributed by atoms with Gasteiger partial charge in [-0.3, -0.25) is 9.59 Å². The van der Waals surface area contributed by atoms with Crippen LogP contribution in [0.4, 0.5) is 10.1 Å². The number of hydrogen-bond donors (Lipinski definition) is 1. The van der Waals surface area contributed by atoms with Crippen molar-refractivity contribution in [2.45, 2.75) is 7.43 Å². The molecule has 0 atom stereocenters. The highest BCUT2D eigenvalue weighted by Gasteiger charge is 2.17. The lowest BCUT2D eigenvalue weighted by Crippen LogP contribution is -2.37. The van der Waals surface area contributed by atoms with Gasteiger partial charge < -0.3 is 19.7 Å². The van der Waals surface area contributed by atoms with Crippen LogP contribution in [0.3, 0.4) is 0 Å². The molecule has 2 aromatic rings. The van der Waals surface area contributed by atoms with Crippen LogP contribution in [0.1, 0.15) is 28.1 Å². The standard InChI is InChI=1S/C11H12ClNO2.C7H4ClFO.C4H9NO.CH4/c12-10-3-1-2-9(8-14)11(10)13-4-6-15-7-5-13;8-6-3-1-2-5(4-10)7(6)9;1-3-6-4-2-5-1;/h1-3,8H,4-7H2;1-4H;5H,1-4H2;1H4. The fraction of sp³-hybridized carbons (Fsp3) is 0.391. The maximum absolute atomic E-state index is 12.6. The Balaban J connectivity index is 0.000000260. The predicted molar refractivity (Wildman–Crippen MR) is 127 cm³/mol. The van der Waals surface area contributed by atoms with Crippen molar-refractivity contribution >= 4 is 41.5 Å². The van der Waals surface area contributed by atoms with E-state index < -0.39 is 5.82 Å². The van der Waals surface area contributed by atoms with E-state index in [0.29, 0.717) is 30.1 Å². The van der Waals surface area contributed by atoms with Gasteiger partial charge in [0, 0.05) is 31.7 Å². The van der Waals surface area contributed by atoms with E-state index in [9.17, 15) is 14.0 Å². The van der Waals surface area contributed by atoms with E-state index >= 15 is 0 Å². The number of carbonyl (C=O) groups is 2. The number of ether oxygens (including phenoxy) is 2. The van der Waals surface area contributed by atoms with E-state index in [4.69, 9.17) is 32.7 Å². The topological polar surface area (TPSA) is 67.9 Å². The van der Waals surface area contributed by atoms with Crippen LogP contribution in [0.15, 0.2) is 36.4 Å². The monoisotopic (exact) mass is 486 g/mol. The number of rotatable bonds is 3. The summed E-state index contributed by atoms with van der Waals surface area (Å²) in [6, 6.07) is 9.66. The molecule has 6 nitrogen and oxygen atoms in total. The summed E-state index contributed by atoms with van der Waals surface area (Å²) in [5, 5.41) is 3.76. The van der Waals surface area contributed by atoms with Crippen LogP contribution in [0.5, 0.6) is 0 Å². The number of para-hydroxylation sites is 1. The second-order valence-corrected chi connectivity index (χ2v) is 7.33. The van der Waals surface area contributed by atoms with Crippen LogP contribution in [0, 0.1) is 5.82 Å². The second kappa shape index (κ2) is 15.7. The summed E-state index contributed by atoms with van der Waals surface area (Å²) in [5.74, 6) is -0.654. The van der Waals surface area contributed by atoms with E-state index in [-0.39, 0.29) is 18.0 Å². The lowest BCUT2D eigenvalue weighted by molar-refractivity contribution is 0.109. The van der Waals surface area contributed by atoms with Gasteiger partial charge in [-0.25, -0.2) is 4.39 Å². The number of anilines is 1. The molecule has 1 N–H and O–H groups in total. The third-order valence-corrected chi connectivity index (χ3v) is 5.02. The number of morpholine rings is 2. The number of nitrogens with one attached hydrogen (secondary N) is 1. The Bertz CT molecular complexity index is 833. The summed E-state index contributed by atoms with van der Waals surface area (Å²) in [5.41, 5.74) is 1.47. The molecule has 0 saturated carbocycles. The first kappa shape index (κ1) is 28.0. The molecule has 0 bridgehead atoms. The minimum absolute atomic E-state index is 0. The molecule has 2 aromatic carbocycles. The zero-order valence-electron chi connectivity index (χ0n) is 17.0. The molecule has 0 amide bonds. The SMILES string of the molecule is C.C1COCCN1.O=Cc1cccc(Cl)c1F.O=Cc1cccc(Cl)c1N1CCOCC1. The van der Waals surface area contributed by atoms with Crippen LogP contribution in [-0.2, 0) is 9.47 Å². The molecule has 2 fully saturated rings. The number of carbonyl (C=O) groups excluding carboxylic acids is 2. The quantitative estimate of drug-likeness (QED) is 0.643. The van der Waals surface area contributed by atoms with Gasteiger partial charge in [0.25, 0.3) is 0 Å². The molecule has 2 aliphatic heterocycles. The summed E-state index contributed by atoms with van der Waals surface area (Å²) in [4.78, 5) is 23.1. The normalized spacial score (nSPS) is 15.2. The molecule has 4 rings (SSSR count). The van der Waals surface area contributed by atoms with E-state index in [1.54, 1.807) is 18.2 Å². The highest BCUT2D eigenvalue weighted by Crippen LogP contribution is 2.29. The first-order chi connectivity index (χ1) is 15.1. The average molecular weight is 487 g/mol. The van der Waals surface area contributed by atoms with E-state index in [1.807, 2.05) is 0 Å². The van der Waals surface area contributed by atoms with Gasteiger partial charge in [0.15, 0.2) is 18.4 Å². The van der Waals surface area contributed by atoms with Gasteiger partial charge in [-0.15, -0.1) is 0 Å². The number of aldehydes is 2. The fourth-order valence-corrected chi connectivity index (χ4v) is 3.36. The minimum Gasteiger partial charge on any atom is -0.379 e. The zero-order chi connectivity index (χ0) is 22.5. The largest absolute Gasteiger partial charge is 0.379 e. The molecule has 0 aromatic heterocycles. The third kappa shape index (κ3) is 8.84. The van der Waals surface area contributed by atoms with Gasteiger partial charge >= 0.3 is 0 Å². The van der Waals surface area contributed by atoms with Crippen molar-refractivity contribution in [3.63, 3.8) is 0 Å². The Morgan fingerprint density at radius 3 is 1.84 bits per heavy atom. The summed E-state index contributed by atoms with van der Waals surface area (Å²) in [6.07, 6.45) is 1.28. The van der Waals surface area contributed by atoms with Gasteiger partial charge in [0.1, 0.15) is 0 Å². The highest BCUT2D eigenvalue weighted by molar-refractivity contribution is 6.34. The Kier molecular flexibility index (Phi) is 13.8. The first-order valence-corrected chi connectivity index (χ1v) is 10.6. The fourth-order valence-electron chi connectivity index (χ4n) is 2.87. The Morgan fingerprint density at radius 2 is 1.38 bits per heavy atom. The van der Waals surface area contributed by atoms with Crippen LogP contribution in [0.25, 0.3) is 0 Å². The molecule has 0 spiro atoms. The van der Waals surface area contributed by atoms with Crippen LogP contribution in [-0.4, -0.2) is 65.2 Å². The highest BCUT2D eigenvalue weighted by atomic mass is 35.5. The van der Waals surface area contributed by atoms with Crippen molar-refractivity contribution in [1.29, 1.82) is 0 Å². The predicted octanol–water partition coefficient (Wildman–Crippen LogP) is 4.52. The molecule has 176 valence electrons. The number of benzene rings is 2. The van der Waals surface area contributed by atoms with E-state index in [1.165, 1.54) is 18.2 Å². The molecule has 2 heterocycles. The Morgan fingerprint density at radius 1 is 0.844 bits per heavy atom. The summed E-state index contributed by atoms with van der Waals surface area (Å²) in [6.45, 7) is 6.77. The molecule has 0 aliphatic carbocycles. The number of nitrogens with zero attached hydrogens (tertiary/aromatic N) is 1. The van der Waals surface area contributed by atoms with Crippen molar-refractivity contribution in [3.8, 4) is 0 Å². The van der Waals surface area contributed by atoms with Gasteiger partial charge in [0.2, 0.25) is 0 Å². The molecular weight excluding hydrogens is 458 g/mol. The van der Waals surface area contributed by atoms with Gasteiger partial charge in [-0.05, 0) is 24.3 Å². The smallest absolute Gasteiger partial charge is 0.153 e. The maximum Gasteiger partial charge on any atom is 0.153 e. The lowest BCUT2D eigenvalue weighted by atomic mass is 10.1. The second-order valence-electron chi connectivity index (χ2n) is 6.52. The van der Waals surface area contributed by atoms with Crippen LogP contribution < -0.4 is 10.2 Å². The first-order valence-electron chi connectivity index (χ1n) is 9.82. The summed E-state index contributed by atoms with van der Waals surface area (Å²) in [7, 11) is 0. The van der Waals surface area contributed by atoms with Crippen molar-refractivity contribution in [2.75, 3.05) is 57.5 Å². The lowest BCUT2D eigenvalue weighted by Gasteiger charge is -2.30. The molecular formula is C23H29Cl2FN2O4. The summed E-state index contributed by atoms with van der Waals surface area (Å²) < 4.78 is 22.9. The van der Waals surface area contributed by atoms with Gasteiger partial charge in [0.05, 0.1) is 47.7 Å². The van der Waals surface area contributed by atoms with E-state index in [0.717, 1.165) is 51.4 Å². The summed E-state index contributed by atoms with van der Waals surface area (Å²) >= 11 is 11.5. The zero-order valence-corrected chi connectivity index (χ0v) is 18.5. The molecule has 0 unspecified atom stereocenters.